The average molecular weight is 153 g/mol. The van der Waals surface area contributed by atoms with Crippen molar-refractivity contribution in [3.8, 4) is 0 Å². The molecule has 1 rings (SSSR count). The van der Waals surface area contributed by atoms with Gasteiger partial charge in [0.15, 0.2) is 0 Å². The fourth-order valence-electron chi connectivity index (χ4n) is 0.988. The molecule has 0 radical (unpaired) electrons. The molecule has 0 saturated carbocycles. The third-order valence-electron chi connectivity index (χ3n) is 1.67. The van der Waals surface area contributed by atoms with Crippen LogP contribution in [0.2, 0.25) is 0 Å². The fraction of sp³-hybridized carbons (Fsp3) is 0.625. The fourth-order valence-corrected chi connectivity index (χ4v) is 0.988. The number of nitrogens with zero attached hydrogens (tertiary/aromatic N) is 2. The highest BCUT2D eigenvalue weighted by atomic mass is 15.3. The second kappa shape index (κ2) is 4.13. The molecule has 3 nitrogen and oxygen atoms in total. The molecule has 1 unspecified atom stereocenters. The Morgan fingerprint density at radius 3 is 3.00 bits per heavy atom. The third-order valence-corrected chi connectivity index (χ3v) is 1.67. The van der Waals surface area contributed by atoms with E-state index in [2.05, 4.69) is 24.3 Å². The molecule has 0 saturated heterocycles. The zero-order valence-electron chi connectivity index (χ0n) is 7.12. The van der Waals surface area contributed by atoms with Gasteiger partial charge in [0.05, 0.1) is 6.04 Å². The van der Waals surface area contributed by atoms with E-state index in [1.807, 2.05) is 23.1 Å². The minimum atomic E-state index is 0.449. The van der Waals surface area contributed by atoms with E-state index in [1.165, 1.54) is 0 Å². The SMILES string of the molecule is CCNCC(C)n1cccn1. The molecule has 3 heteroatoms. The van der Waals surface area contributed by atoms with E-state index >= 15 is 0 Å². The van der Waals surface area contributed by atoms with Gasteiger partial charge in [0.25, 0.3) is 0 Å². The summed E-state index contributed by atoms with van der Waals surface area (Å²) in [6.45, 7) is 6.26. The van der Waals surface area contributed by atoms with Crippen LogP contribution in [0.1, 0.15) is 19.9 Å². The average Bonchev–Trinajstić information content (AvgIpc) is 2.52. The Hall–Kier alpha value is -0.830. The van der Waals surface area contributed by atoms with Crippen molar-refractivity contribution >= 4 is 0 Å². The van der Waals surface area contributed by atoms with Crippen molar-refractivity contribution in [2.45, 2.75) is 19.9 Å². The Labute approximate surface area is 67.4 Å². The molecule has 1 aromatic heterocycles. The molecule has 11 heavy (non-hydrogen) atoms. The van der Waals surface area contributed by atoms with Crippen molar-refractivity contribution in [3.05, 3.63) is 18.5 Å². The van der Waals surface area contributed by atoms with Gasteiger partial charge in [0.2, 0.25) is 0 Å². The smallest absolute Gasteiger partial charge is 0.0615 e. The normalized spacial score (nSPS) is 13.3. The molecule has 1 aromatic rings. The number of hydrogen-bond donors (Lipinski definition) is 1. The summed E-state index contributed by atoms with van der Waals surface area (Å²) in [5.74, 6) is 0. The monoisotopic (exact) mass is 153 g/mol. The van der Waals surface area contributed by atoms with Crippen LogP contribution in [0.5, 0.6) is 0 Å². The Bertz CT molecular complexity index is 181. The van der Waals surface area contributed by atoms with Crippen molar-refractivity contribution in [2.75, 3.05) is 13.1 Å². The molecular weight excluding hydrogens is 138 g/mol. The molecule has 1 atom stereocenters. The second-order valence-electron chi connectivity index (χ2n) is 2.64. The molecule has 0 fully saturated rings. The van der Waals surface area contributed by atoms with Crippen molar-refractivity contribution in [2.24, 2.45) is 0 Å². The lowest BCUT2D eigenvalue weighted by Gasteiger charge is -2.11. The highest BCUT2D eigenvalue weighted by molar-refractivity contribution is 4.80. The first-order valence-corrected chi connectivity index (χ1v) is 4.04. The number of hydrogen-bond acceptors (Lipinski definition) is 2. The molecule has 1 heterocycles. The van der Waals surface area contributed by atoms with E-state index in [1.54, 1.807) is 0 Å². The van der Waals surface area contributed by atoms with Gasteiger partial charge in [0, 0.05) is 18.9 Å². The van der Waals surface area contributed by atoms with Crippen molar-refractivity contribution in [3.63, 3.8) is 0 Å². The minimum absolute atomic E-state index is 0.449. The second-order valence-corrected chi connectivity index (χ2v) is 2.64. The van der Waals surface area contributed by atoms with Gasteiger partial charge < -0.3 is 5.32 Å². The van der Waals surface area contributed by atoms with E-state index in [0.29, 0.717) is 6.04 Å². The first-order chi connectivity index (χ1) is 5.34. The van der Waals surface area contributed by atoms with Crippen molar-refractivity contribution in [1.82, 2.24) is 15.1 Å². The van der Waals surface area contributed by atoms with Gasteiger partial charge in [-0.1, -0.05) is 6.92 Å². The molecule has 0 amide bonds. The predicted molar refractivity (Wildman–Crippen MR) is 45.5 cm³/mol. The summed E-state index contributed by atoms with van der Waals surface area (Å²) in [6, 6.07) is 2.40. The number of aromatic nitrogens is 2. The molecule has 1 N–H and O–H groups in total. The van der Waals surface area contributed by atoms with Gasteiger partial charge in [0.1, 0.15) is 0 Å². The lowest BCUT2D eigenvalue weighted by molar-refractivity contribution is 0.460. The molecule has 0 bridgehead atoms. The van der Waals surface area contributed by atoms with E-state index in [0.717, 1.165) is 13.1 Å². The largest absolute Gasteiger partial charge is 0.315 e. The van der Waals surface area contributed by atoms with E-state index < -0.39 is 0 Å². The Kier molecular flexibility index (Phi) is 3.11. The van der Waals surface area contributed by atoms with E-state index in [-0.39, 0.29) is 0 Å². The lowest BCUT2D eigenvalue weighted by Crippen LogP contribution is -2.23. The summed E-state index contributed by atoms with van der Waals surface area (Å²) < 4.78 is 1.96. The Morgan fingerprint density at radius 1 is 1.64 bits per heavy atom. The summed E-state index contributed by atoms with van der Waals surface area (Å²) in [5.41, 5.74) is 0. The van der Waals surface area contributed by atoms with Gasteiger partial charge in [-0.2, -0.15) is 5.10 Å². The quantitative estimate of drug-likeness (QED) is 0.700. The van der Waals surface area contributed by atoms with Crippen molar-refractivity contribution in [1.29, 1.82) is 0 Å². The summed E-state index contributed by atoms with van der Waals surface area (Å²) in [5, 5.41) is 7.42. The Balaban J connectivity index is 2.36. The van der Waals surface area contributed by atoms with Crippen LogP contribution < -0.4 is 5.32 Å². The standard InChI is InChI=1S/C8H15N3/c1-3-9-7-8(2)11-6-4-5-10-11/h4-6,8-9H,3,7H2,1-2H3. The maximum atomic E-state index is 4.15. The molecule has 62 valence electrons. The van der Waals surface area contributed by atoms with Crippen LogP contribution in [0.4, 0.5) is 0 Å². The van der Waals surface area contributed by atoms with Gasteiger partial charge >= 0.3 is 0 Å². The van der Waals surface area contributed by atoms with E-state index in [4.69, 9.17) is 0 Å². The molecule has 0 aliphatic heterocycles. The van der Waals surface area contributed by atoms with Crippen LogP contribution in [0.15, 0.2) is 18.5 Å². The van der Waals surface area contributed by atoms with Crippen molar-refractivity contribution < 1.29 is 0 Å². The molecular formula is C8H15N3. The minimum Gasteiger partial charge on any atom is -0.315 e. The van der Waals surface area contributed by atoms with Crippen LogP contribution >= 0.6 is 0 Å². The van der Waals surface area contributed by atoms with Gasteiger partial charge in [-0.3, -0.25) is 4.68 Å². The predicted octanol–water partition coefficient (Wildman–Crippen LogP) is 1.05. The molecule has 0 aromatic carbocycles. The molecule has 0 aliphatic carbocycles. The summed E-state index contributed by atoms with van der Waals surface area (Å²) in [7, 11) is 0. The lowest BCUT2D eigenvalue weighted by atomic mass is 10.3. The molecule has 0 spiro atoms. The number of nitrogens with one attached hydrogen (secondary N) is 1. The maximum absolute atomic E-state index is 4.15. The van der Waals surface area contributed by atoms with Crippen LogP contribution in [0.25, 0.3) is 0 Å². The van der Waals surface area contributed by atoms with Crippen LogP contribution in [0.3, 0.4) is 0 Å². The maximum Gasteiger partial charge on any atom is 0.0615 e. The summed E-state index contributed by atoms with van der Waals surface area (Å²) in [4.78, 5) is 0. The first-order valence-electron chi connectivity index (χ1n) is 4.04. The van der Waals surface area contributed by atoms with Gasteiger partial charge in [-0.15, -0.1) is 0 Å². The van der Waals surface area contributed by atoms with Gasteiger partial charge in [-0.05, 0) is 19.5 Å². The highest BCUT2D eigenvalue weighted by Crippen LogP contribution is 1.99. The third kappa shape index (κ3) is 2.35. The zero-order valence-corrected chi connectivity index (χ0v) is 7.12. The topological polar surface area (TPSA) is 29.9 Å². The summed E-state index contributed by atoms with van der Waals surface area (Å²) >= 11 is 0. The van der Waals surface area contributed by atoms with Crippen LogP contribution in [-0.4, -0.2) is 22.9 Å². The van der Waals surface area contributed by atoms with Crippen LogP contribution in [-0.2, 0) is 0 Å². The first kappa shape index (κ1) is 8.27. The van der Waals surface area contributed by atoms with Crippen LogP contribution in [0, 0.1) is 0 Å². The Morgan fingerprint density at radius 2 is 2.45 bits per heavy atom. The van der Waals surface area contributed by atoms with E-state index in [9.17, 15) is 0 Å². The van der Waals surface area contributed by atoms with Gasteiger partial charge in [-0.25, -0.2) is 0 Å². The number of rotatable bonds is 4. The highest BCUT2D eigenvalue weighted by Gasteiger charge is 2.01. The summed E-state index contributed by atoms with van der Waals surface area (Å²) in [6.07, 6.45) is 3.80. The zero-order chi connectivity index (χ0) is 8.10. The number of likely N-dealkylation sites (N-methyl/N-ethyl adjacent to an activating group) is 1. The molecule has 0 aliphatic rings.